The topological polar surface area (TPSA) is 51.7 Å². The van der Waals surface area contributed by atoms with Crippen molar-refractivity contribution in [2.75, 3.05) is 20.3 Å². The second kappa shape index (κ2) is 8.12. The van der Waals surface area contributed by atoms with Crippen molar-refractivity contribution in [1.82, 2.24) is 9.88 Å². The smallest absolute Gasteiger partial charge is 0.272 e. The molecule has 1 aliphatic rings. The summed E-state index contributed by atoms with van der Waals surface area (Å²) in [6, 6.07) is 11.5. The third-order valence-corrected chi connectivity index (χ3v) is 4.37. The monoisotopic (exact) mass is 340 g/mol. The van der Waals surface area contributed by atoms with Gasteiger partial charge in [-0.2, -0.15) is 0 Å². The van der Waals surface area contributed by atoms with Gasteiger partial charge < -0.3 is 14.4 Å². The van der Waals surface area contributed by atoms with Crippen molar-refractivity contribution in [3.8, 4) is 5.75 Å². The molecule has 1 aromatic heterocycles. The van der Waals surface area contributed by atoms with E-state index in [1.165, 1.54) is 0 Å². The molecule has 3 rings (SSSR count). The van der Waals surface area contributed by atoms with E-state index in [0.717, 1.165) is 36.3 Å². The Labute approximate surface area is 148 Å². The van der Waals surface area contributed by atoms with Crippen LogP contribution in [0, 0.1) is 6.92 Å². The second-order valence-electron chi connectivity index (χ2n) is 6.39. The van der Waals surface area contributed by atoms with Gasteiger partial charge in [-0.3, -0.25) is 9.78 Å². The molecule has 0 N–H and O–H groups in total. The Bertz CT molecular complexity index is 709. The van der Waals surface area contributed by atoms with Gasteiger partial charge in [0.2, 0.25) is 0 Å². The van der Waals surface area contributed by atoms with Crippen LogP contribution in [0.25, 0.3) is 0 Å². The van der Waals surface area contributed by atoms with Crippen molar-refractivity contribution < 1.29 is 14.3 Å². The minimum atomic E-state index is -0.0710. The Hall–Kier alpha value is -2.40. The lowest BCUT2D eigenvalue weighted by Crippen LogP contribution is -2.37. The fourth-order valence-electron chi connectivity index (χ4n) is 3.00. The Balaban J connectivity index is 1.80. The summed E-state index contributed by atoms with van der Waals surface area (Å²) in [7, 11) is 1.64. The van der Waals surface area contributed by atoms with Gasteiger partial charge in [0.15, 0.2) is 0 Å². The van der Waals surface area contributed by atoms with Gasteiger partial charge in [0, 0.05) is 25.9 Å². The molecule has 0 radical (unpaired) electrons. The van der Waals surface area contributed by atoms with Gasteiger partial charge >= 0.3 is 0 Å². The number of hydrogen-bond acceptors (Lipinski definition) is 4. The van der Waals surface area contributed by atoms with Crippen molar-refractivity contribution in [1.29, 1.82) is 0 Å². The van der Waals surface area contributed by atoms with E-state index in [0.29, 0.717) is 18.8 Å². The van der Waals surface area contributed by atoms with Crippen LogP contribution < -0.4 is 4.74 Å². The minimum Gasteiger partial charge on any atom is -0.497 e. The number of aryl methyl sites for hydroxylation is 1. The van der Waals surface area contributed by atoms with Crippen molar-refractivity contribution >= 4 is 5.91 Å². The van der Waals surface area contributed by atoms with Crippen molar-refractivity contribution in [2.24, 2.45) is 0 Å². The van der Waals surface area contributed by atoms with Gasteiger partial charge in [-0.05, 0) is 49.1 Å². The highest BCUT2D eigenvalue weighted by atomic mass is 16.5. The molecule has 1 unspecified atom stereocenters. The summed E-state index contributed by atoms with van der Waals surface area (Å²) >= 11 is 0. The van der Waals surface area contributed by atoms with Crippen LogP contribution in [0.15, 0.2) is 42.6 Å². The fraction of sp³-hybridized carbons (Fsp3) is 0.400. The summed E-state index contributed by atoms with van der Waals surface area (Å²) in [6.45, 7) is 3.81. The highest BCUT2D eigenvalue weighted by Crippen LogP contribution is 2.19. The molecule has 2 heterocycles. The SMILES string of the molecule is COc1cccc(CN(CC2CCCO2)C(=O)c2ccc(C)cn2)c1. The van der Waals surface area contributed by atoms with E-state index in [9.17, 15) is 4.79 Å². The number of methoxy groups -OCH3 is 1. The average molecular weight is 340 g/mol. The first-order valence-corrected chi connectivity index (χ1v) is 8.62. The highest BCUT2D eigenvalue weighted by molar-refractivity contribution is 5.92. The number of aromatic nitrogens is 1. The summed E-state index contributed by atoms with van der Waals surface area (Å²) in [5, 5.41) is 0. The number of ether oxygens (including phenoxy) is 2. The van der Waals surface area contributed by atoms with E-state index in [1.54, 1.807) is 19.4 Å². The third kappa shape index (κ3) is 4.57. The summed E-state index contributed by atoms with van der Waals surface area (Å²) in [5.41, 5.74) is 2.53. The van der Waals surface area contributed by atoms with Gasteiger partial charge in [0.05, 0.1) is 13.2 Å². The predicted molar refractivity (Wildman–Crippen MR) is 95.7 cm³/mol. The molecule has 1 aliphatic heterocycles. The zero-order valence-corrected chi connectivity index (χ0v) is 14.8. The van der Waals surface area contributed by atoms with Crippen LogP contribution in [0.5, 0.6) is 5.75 Å². The Morgan fingerprint density at radius 1 is 1.36 bits per heavy atom. The maximum absolute atomic E-state index is 13.0. The van der Waals surface area contributed by atoms with Crippen molar-refractivity contribution in [2.45, 2.75) is 32.4 Å². The quantitative estimate of drug-likeness (QED) is 0.810. The number of hydrogen-bond donors (Lipinski definition) is 0. The average Bonchev–Trinajstić information content (AvgIpc) is 3.14. The minimum absolute atomic E-state index is 0.0710. The Morgan fingerprint density at radius 2 is 2.24 bits per heavy atom. The summed E-state index contributed by atoms with van der Waals surface area (Å²) in [4.78, 5) is 19.1. The first-order valence-electron chi connectivity index (χ1n) is 8.62. The van der Waals surface area contributed by atoms with Gasteiger partial charge in [-0.25, -0.2) is 0 Å². The van der Waals surface area contributed by atoms with E-state index in [2.05, 4.69) is 4.98 Å². The number of amides is 1. The van der Waals surface area contributed by atoms with Crippen molar-refractivity contribution in [3.05, 3.63) is 59.4 Å². The highest BCUT2D eigenvalue weighted by Gasteiger charge is 2.24. The third-order valence-electron chi connectivity index (χ3n) is 4.37. The molecule has 1 fully saturated rings. The second-order valence-corrected chi connectivity index (χ2v) is 6.39. The number of nitrogens with zero attached hydrogens (tertiary/aromatic N) is 2. The van der Waals surface area contributed by atoms with E-state index < -0.39 is 0 Å². The van der Waals surface area contributed by atoms with E-state index in [4.69, 9.17) is 9.47 Å². The van der Waals surface area contributed by atoms with Crippen LogP contribution in [0.4, 0.5) is 0 Å². The maximum atomic E-state index is 13.0. The lowest BCUT2D eigenvalue weighted by atomic mass is 10.1. The molecule has 1 aromatic carbocycles. The molecule has 2 aromatic rings. The number of carbonyl (C=O) groups is 1. The van der Waals surface area contributed by atoms with Gasteiger partial charge in [0.1, 0.15) is 11.4 Å². The standard InChI is InChI=1S/C20H24N2O3/c1-15-8-9-19(21-12-15)20(23)22(14-18-7-4-10-25-18)13-16-5-3-6-17(11-16)24-2/h3,5-6,8-9,11-12,18H,4,7,10,13-14H2,1-2H3. The van der Waals surface area contributed by atoms with Crippen LogP contribution in [-0.4, -0.2) is 42.2 Å². The lowest BCUT2D eigenvalue weighted by molar-refractivity contribution is 0.0502. The van der Waals surface area contributed by atoms with Gasteiger partial charge in [0.25, 0.3) is 5.91 Å². The molecule has 5 nitrogen and oxygen atoms in total. The fourth-order valence-corrected chi connectivity index (χ4v) is 3.00. The van der Waals surface area contributed by atoms with Gasteiger partial charge in [-0.1, -0.05) is 18.2 Å². The predicted octanol–water partition coefficient (Wildman–Crippen LogP) is 3.22. The zero-order chi connectivity index (χ0) is 17.6. The lowest BCUT2D eigenvalue weighted by Gasteiger charge is -2.25. The normalized spacial score (nSPS) is 16.6. The molecule has 1 atom stereocenters. The summed E-state index contributed by atoms with van der Waals surface area (Å²) < 4.78 is 11.0. The molecule has 0 spiro atoms. The first kappa shape index (κ1) is 17.4. The summed E-state index contributed by atoms with van der Waals surface area (Å²) in [6.07, 6.45) is 3.86. The van der Waals surface area contributed by atoms with Crippen LogP contribution in [-0.2, 0) is 11.3 Å². The molecule has 0 saturated carbocycles. The molecule has 1 amide bonds. The molecule has 25 heavy (non-hydrogen) atoms. The first-order chi connectivity index (χ1) is 12.2. The molecule has 132 valence electrons. The molecular weight excluding hydrogens is 316 g/mol. The van der Waals surface area contributed by atoms with Crippen LogP contribution >= 0.6 is 0 Å². The largest absolute Gasteiger partial charge is 0.497 e. The summed E-state index contributed by atoms with van der Waals surface area (Å²) in [5.74, 6) is 0.716. The number of benzene rings is 1. The van der Waals surface area contributed by atoms with E-state index >= 15 is 0 Å². The number of rotatable bonds is 6. The molecular formula is C20H24N2O3. The Kier molecular flexibility index (Phi) is 5.66. The molecule has 5 heteroatoms. The maximum Gasteiger partial charge on any atom is 0.272 e. The van der Waals surface area contributed by atoms with Crippen LogP contribution in [0.2, 0.25) is 0 Å². The number of pyridine rings is 1. The van der Waals surface area contributed by atoms with Crippen molar-refractivity contribution in [3.63, 3.8) is 0 Å². The molecule has 0 bridgehead atoms. The van der Waals surface area contributed by atoms with Crippen LogP contribution in [0.3, 0.4) is 0 Å². The number of carbonyl (C=O) groups excluding carboxylic acids is 1. The molecule has 1 saturated heterocycles. The van der Waals surface area contributed by atoms with E-state index in [1.807, 2.05) is 42.2 Å². The van der Waals surface area contributed by atoms with Gasteiger partial charge in [-0.15, -0.1) is 0 Å². The Morgan fingerprint density at radius 3 is 2.92 bits per heavy atom. The van der Waals surface area contributed by atoms with Crippen LogP contribution in [0.1, 0.15) is 34.5 Å². The molecule has 0 aliphatic carbocycles. The van der Waals surface area contributed by atoms with E-state index in [-0.39, 0.29) is 12.0 Å². The zero-order valence-electron chi connectivity index (χ0n) is 14.8.